The molecule has 0 saturated carbocycles. The fourth-order valence-corrected chi connectivity index (χ4v) is 6.38. The Labute approximate surface area is 252 Å². The van der Waals surface area contributed by atoms with Crippen molar-refractivity contribution in [2.45, 2.75) is 26.6 Å². The fraction of sp³-hybridized carbons (Fsp3) is 0.233. The van der Waals surface area contributed by atoms with Crippen LogP contribution in [-0.2, 0) is 27.8 Å². The Balaban J connectivity index is 1.26. The fourth-order valence-electron chi connectivity index (χ4n) is 4.20. The van der Waals surface area contributed by atoms with E-state index < -0.39 is 9.84 Å². The van der Waals surface area contributed by atoms with Crippen LogP contribution < -0.4 is 10.1 Å². The van der Waals surface area contributed by atoms with Crippen LogP contribution in [-0.4, -0.2) is 41.5 Å². The molecule has 0 radical (unpaired) electrons. The van der Waals surface area contributed by atoms with Crippen molar-refractivity contribution in [1.82, 2.24) is 15.0 Å². The molecule has 0 aliphatic rings. The van der Waals surface area contributed by atoms with Crippen LogP contribution in [0.25, 0.3) is 22.2 Å². The van der Waals surface area contributed by atoms with Crippen molar-refractivity contribution in [3.05, 3.63) is 93.8 Å². The summed E-state index contributed by atoms with van der Waals surface area (Å²) in [5.41, 5.74) is 3.82. The number of nitrogens with zero attached hydrogens (tertiary/aromatic N) is 3. The Hall–Kier alpha value is -3.64. The van der Waals surface area contributed by atoms with E-state index in [2.05, 4.69) is 20.3 Å². The van der Waals surface area contributed by atoms with E-state index in [-0.39, 0.29) is 37.1 Å². The highest BCUT2D eigenvalue weighted by molar-refractivity contribution is 7.91. The zero-order valence-electron chi connectivity index (χ0n) is 22.7. The average molecular weight is 627 g/mol. The van der Waals surface area contributed by atoms with Gasteiger partial charge in [0.25, 0.3) is 0 Å². The zero-order chi connectivity index (χ0) is 29.5. The van der Waals surface area contributed by atoms with Gasteiger partial charge in [0.15, 0.2) is 9.84 Å². The van der Waals surface area contributed by atoms with Gasteiger partial charge in [0.2, 0.25) is 0 Å². The van der Waals surface area contributed by atoms with Gasteiger partial charge >= 0.3 is 0 Å². The molecule has 3 aromatic carbocycles. The highest BCUT2D eigenvalue weighted by Gasteiger charge is 2.12. The van der Waals surface area contributed by atoms with Crippen molar-refractivity contribution in [1.29, 1.82) is 0 Å². The smallest absolute Gasteiger partial charge is 0.152 e. The van der Waals surface area contributed by atoms with Crippen LogP contribution in [0, 0.1) is 5.82 Å². The minimum atomic E-state index is -3.08. The van der Waals surface area contributed by atoms with E-state index in [1.54, 1.807) is 24.3 Å². The molecular formula is C30H28ClFN4O4S2. The predicted octanol–water partition coefficient (Wildman–Crippen LogP) is 7.21. The van der Waals surface area contributed by atoms with Crippen LogP contribution in [0.1, 0.15) is 23.9 Å². The second-order valence-electron chi connectivity index (χ2n) is 9.47. The van der Waals surface area contributed by atoms with E-state index in [4.69, 9.17) is 21.1 Å². The largest absolute Gasteiger partial charge is 0.487 e. The second kappa shape index (κ2) is 13.6. The first-order valence-electron chi connectivity index (χ1n) is 13.2. The molecule has 0 aliphatic carbocycles. The third kappa shape index (κ3) is 7.80. The lowest BCUT2D eigenvalue weighted by molar-refractivity contribution is 0.135. The van der Waals surface area contributed by atoms with Gasteiger partial charge < -0.3 is 14.8 Å². The Morgan fingerprint density at radius 3 is 2.71 bits per heavy atom. The van der Waals surface area contributed by atoms with Gasteiger partial charge in [-0.2, -0.15) is 0 Å². The number of hydrogen-bond acceptors (Lipinski definition) is 9. The molecule has 2 heterocycles. The molecule has 0 aliphatic heterocycles. The highest BCUT2D eigenvalue weighted by Crippen LogP contribution is 2.32. The first-order valence-corrected chi connectivity index (χ1v) is 16.3. The maximum atomic E-state index is 13.5. The number of thiazole rings is 1. The minimum Gasteiger partial charge on any atom is -0.487 e. The summed E-state index contributed by atoms with van der Waals surface area (Å²) in [7, 11) is -3.08. The summed E-state index contributed by atoms with van der Waals surface area (Å²) in [4.78, 5) is 13.5. The number of sulfone groups is 1. The molecule has 5 rings (SSSR count). The van der Waals surface area contributed by atoms with Crippen LogP contribution >= 0.6 is 22.9 Å². The van der Waals surface area contributed by atoms with Gasteiger partial charge in [0, 0.05) is 27.8 Å². The SMILES string of the molecule is CCCS(=O)(=O)CCOCc1nc(-c2ccc3ncnc(Nc4ccc(OCc5cccc(F)c5)c(Cl)c4)c3c2)cs1. The molecule has 0 fully saturated rings. The summed E-state index contributed by atoms with van der Waals surface area (Å²) < 4.78 is 48.5. The number of nitrogens with one attached hydrogen (secondary N) is 1. The molecule has 0 spiro atoms. The van der Waals surface area contributed by atoms with Crippen LogP contribution in [0.3, 0.4) is 0 Å². The molecule has 218 valence electrons. The van der Waals surface area contributed by atoms with Gasteiger partial charge in [-0.25, -0.2) is 27.8 Å². The topological polar surface area (TPSA) is 103 Å². The van der Waals surface area contributed by atoms with E-state index in [0.29, 0.717) is 34.3 Å². The van der Waals surface area contributed by atoms with Crippen LogP contribution in [0.15, 0.2) is 72.4 Å². The number of anilines is 2. The van der Waals surface area contributed by atoms with Crippen LogP contribution in [0.4, 0.5) is 15.9 Å². The van der Waals surface area contributed by atoms with E-state index in [0.717, 1.165) is 27.2 Å². The van der Waals surface area contributed by atoms with Gasteiger partial charge in [-0.15, -0.1) is 11.3 Å². The van der Waals surface area contributed by atoms with Gasteiger partial charge in [-0.05, 0) is 54.4 Å². The number of rotatable bonds is 13. The molecule has 0 saturated heterocycles. The van der Waals surface area contributed by atoms with E-state index in [1.165, 1.54) is 29.8 Å². The van der Waals surface area contributed by atoms with E-state index in [9.17, 15) is 12.8 Å². The van der Waals surface area contributed by atoms with Gasteiger partial charge in [0.05, 0.1) is 35.2 Å². The molecule has 8 nitrogen and oxygen atoms in total. The summed E-state index contributed by atoms with van der Waals surface area (Å²) in [5, 5.41) is 7.20. The quantitative estimate of drug-likeness (QED) is 0.137. The molecule has 12 heteroatoms. The molecule has 0 unspecified atom stereocenters. The molecular weight excluding hydrogens is 599 g/mol. The zero-order valence-corrected chi connectivity index (χ0v) is 25.1. The number of ether oxygens (including phenoxy) is 2. The van der Waals surface area contributed by atoms with Gasteiger partial charge in [0.1, 0.15) is 35.3 Å². The number of halogens is 2. The van der Waals surface area contributed by atoms with Crippen molar-refractivity contribution in [2.75, 3.05) is 23.4 Å². The first kappa shape index (κ1) is 29.8. The number of hydrogen-bond donors (Lipinski definition) is 1. The number of aromatic nitrogens is 3. The summed E-state index contributed by atoms with van der Waals surface area (Å²) in [6.45, 7) is 2.42. The van der Waals surface area contributed by atoms with Gasteiger partial charge in [-0.1, -0.05) is 36.7 Å². The van der Waals surface area contributed by atoms with E-state index in [1.807, 2.05) is 36.6 Å². The Morgan fingerprint density at radius 1 is 1.02 bits per heavy atom. The predicted molar refractivity (Wildman–Crippen MR) is 165 cm³/mol. The maximum absolute atomic E-state index is 13.5. The van der Waals surface area contributed by atoms with Crippen LogP contribution in [0.5, 0.6) is 5.75 Å². The lowest BCUT2D eigenvalue weighted by Crippen LogP contribution is -2.15. The Bertz CT molecular complexity index is 1800. The summed E-state index contributed by atoms with van der Waals surface area (Å²) in [6, 6.07) is 17.3. The Morgan fingerprint density at radius 2 is 1.90 bits per heavy atom. The highest BCUT2D eigenvalue weighted by atomic mass is 35.5. The molecule has 5 aromatic rings. The van der Waals surface area contributed by atoms with Gasteiger partial charge in [-0.3, -0.25) is 0 Å². The second-order valence-corrected chi connectivity index (χ2v) is 13.1. The lowest BCUT2D eigenvalue weighted by atomic mass is 10.1. The standard InChI is InChI=1S/C30H28ClFN4O4S2/c1-2-11-42(37,38)12-10-39-17-29-36-27(18-41-29)21-6-8-26-24(14-21)30(34-19-33-26)35-23-7-9-28(25(31)15-23)40-16-20-4-3-5-22(32)13-20/h3-9,13-15,18-19H,2,10-12,16-17H2,1H3,(H,33,34,35). The van der Waals surface area contributed by atoms with Crippen molar-refractivity contribution in [3.63, 3.8) is 0 Å². The maximum Gasteiger partial charge on any atom is 0.152 e. The van der Waals surface area contributed by atoms with E-state index >= 15 is 0 Å². The Kier molecular flexibility index (Phi) is 9.63. The third-order valence-electron chi connectivity index (χ3n) is 6.24. The molecule has 0 amide bonds. The minimum absolute atomic E-state index is 0.00932. The number of benzene rings is 3. The van der Waals surface area contributed by atoms with Crippen molar-refractivity contribution >= 4 is 55.2 Å². The summed E-state index contributed by atoms with van der Waals surface area (Å²) in [5.74, 6) is 0.935. The average Bonchev–Trinajstić information content (AvgIpc) is 3.44. The van der Waals surface area contributed by atoms with Crippen molar-refractivity contribution < 1.29 is 22.3 Å². The normalized spacial score (nSPS) is 11.6. The molecule has 0 bridgehead atoms. The molecule has 42 heavy (non-hydrogen) atoms. The lowest BCUT2D eigenvalue weighted by Gasteiger charge is -2.12. The van der Waals surface area contributed by atoms with Crippen LogP contribution in [0.2, 0.25) is 5.02 Å². The molecule has 0 atom stereocenters. The third-order valence-corrected chi connectivity index (χ3v) is 9.18. The molecule has 2 aromatic heterocycles. The summed E-state index contributed by atoms with van der Waals surface area (Å²) in [6.07, 6.45) is 2.09. The monoisotopic (exact) mass is 626 g/mol. The first-order chi connectivity index (χ1) is 20.3. The molecule has 1 N–H and O–H groups in total. The number of fused-ring (bicyclic) bond motifs is 1. The van der Waals surface area contributed by atoms with Crippen molar-refractivity contribution in [3.8, 4) is 17.0 Å². The van der Waals surface area contributed by atoms with Crippen molar-refractivity contribution in [2.24, 2.45) is 0 Å². The summed E-state index contributed by atoms with van der Waals surface area (Å²) >= 11 is 7.94.